The van der Waals surface area contributed by atoms with Crippen LogP contribution in [-0.2, 0) is 28.7 Å². The van der Waals surface area contributed by atoms with Gasteiger partial charge in [-0.05, 0) is 116 Å². The van der Waals surface area contributed by atoms with Gasteiger partial charge in [-0.2, -0.15) is 0 Å². The lowest BCUT2D eigenvalue weighted by molar-refractivity contribution is -0.147. The maximum atomic E-state index is 14.7. The first-order valence-corrected chi connectivity index (χ1v) is 23.2. The highest BCUT2D eigenvalue weighted by molar-refractivity contribution is 6.36. The molecule has 10 atom stereocenters. The quantitative estimate of drug-likeness (QED) is 0.0719. The molecule has 0 aliphatic heterocycles. The highest BCUT2D eigenvalue weighted by atomic mass is 35.5. The Balaban J connectivity index is 0.00000648. The van der Waals surface area contributed by atoms with Crippen LogP contribution in [0, 0.1) is 47.3 Å². The summed E-state index contributed by atoms with van der Waals surface area (Å²) >= 11 is 13.0. The standard InChI is InChI=1S/C48H55Cl2N7O8.ClH/c1-56(2)17-9-15-51-43(58)39-25-19-29(37(21-25)64-47(62)35-23-31(49)27-11-5-7-13-33(27)53-35)41(39)45(60)55-46(61)42-30-20-26(40(42)44(59)52-16-10-18-57(3)4)22-38(30)65-48(63)36-24-32(50)28-12-6-8-14-34(28)54-36;/h5-8,11-14,23-26,29-30,37-42H,9-10,15-22H2,1-4H3,(H,51,58)(H,52,59)(H,55,60,61);1H. The van der Waals surface area contributed by atoms with Gasteiger partial charge >= 0.3 is 11.9 Å². The van der Waals surface area contributed by atoms with Crippen molar-refractivity contribution in [3.05, 3.63) is 82.1 Å². The van der Waals surface area contributed by atoms with Crippen molar-refractivity contribution in [1.29, 1.82) is 0 Å². The molecular formula is C48H56Cl3N7O8. The number of imide groups is 1. The zero-order chi connectivity index (χ0) is 46.1. The van der Waals surface area contributed by atoms with Gasteiger partial charge in [-0.25, -0.2) is 19.6 Å². The van der Waals surface area contributed by atoms with E-state index >= 15 is 0 Å². The Morgan fingerprint density at radius 3 is 1.38 bits per heavy atom. The Hall–Kier alpha value is -4.93. The molecule has 8 rings (SSSR count). The number of amides is 4. The zero-order valence-electron chi connectivity index (χ0n) is 37.3. The number of fused-ring (bicyclic) bond motifs is 6. The third kappa shape index (κ3) is 10.3. The largest absolute Gasteiger partial charge is 0.457 e. The number of carbonyl (C=O) groups is 6. The van der Waals surface area contributed by atoms with E-state index in [-0.39, 0.29) is 47.4 Å². The first kappa shape index (κ1) is 49.0. The molecule has 2 heterocycles. The Morgan fingerprint density at radius 1 is 0.591 bits per heavy atom. The van der Waals surface area contributed by atoms with E-state index in [1.807, 2.05) is 50.1 Å². The minimum Gasteiger partial charge on any atom is -0.457 e. The number of nitrogens with zero attached hydrogens (tertiary/aromatic N) is 4. The van der Waals surface area contributed by atoms with Crippen molar-refractivity contribution in [2.24, 2.45) is 47.3 Å². The lowest BCUT2D eigenvalue weighted by Gasteiger charge is -2.36. The highest BCUT2D eigenvalue weighted by Crippen LogP contribution is 2.56. The highest BCUT2D eigenvalue weighted by Gasteiger charge is 2.62. The van der Waals surface area contributed by atoms with E-state index < -0.39 is 71.5 Å². The van der Waals surface area contributed by atoms with Crippen molar-refractivity contribution >= 4 is 93.0 Å². The number of ether oxygens (including phenoxy) is 2. The van der Waals surface area contributed by atoms with Gasteiger partial charge in [0.15, 0.2) is 11.4 Å². The fraction of sp³-hybridized carbons (Fsp3) is 0.500. The van der Waals surface area contributed by atoms with Crippen LogP contribution in [0.2, 0.25) is 10.0 Å². The monoisotopic (exact) mass is 963 g/mol. The Kier molecular flexibility index (Phi) is 15.5. The van der Waals surface area contributed by atoms with E-state index in [1.54, 1.807) is 36.4 Å². The van der Waals surface area contributed by atoms with Crippen LogP contribution in [0.25, 0.3) is 21.8 Å². The summed E-state index contributed by atoms with van der Waals surface area (Å²) in [5.74, 6) is -8.81. The van der Waals surface area contributed by atoms with Crippen molar-refractivity contribution in [3.63, 3.8) is 0 Å². The number of halogens is 3. The van der Waals surface area contributed by atoms with Gasteiger partial charge in [0.2, 0.25) is 23.6 Å². The second-order valence-corrected chi connectivity index (χ2v) is 19.4. The molecule has 15 nitrogen and oxygen atoms in total. The number of hydrogen-bond donors (Lipinski definition) is 3. The van der Waals surface area contributed by atoms with Crippen LogP contribution < -0.4 is 16.0 Å². The summed E-state index contributed by atoms with van der Waals surface area (Å²) in [6.45, 7) is 2.28. The fourth-order valence-corrected chi connectivity index (χ4v) is 11.5. The molecule has 4 amide bonds. The lowest BCUT2D eigenvalue weighted by Crippen LogP contribution is -2.53. The average molecular weight is 965 g/mol. The number of aromatic nitrogens is 2. The fourth-order valence-electron chi connectivity index (χ4n) is 11.0. The van der Waals surface area contributed by atoms with E-state index in [0.717, 1.165) is 13.1 Å². The lowest BCUT2D eigenvalue weighted by atomic mass is 9.75. The van der Waals surface area contributed by atoms with E-state index in [9.17, 15) is 28.8 Å². The molecule has 4 bridgehead atoms. The van der Waals surface area contributed by atoms with E-state index in [1.165, 1.54) is 12.1 Å². The molecule has 0 radical (unpaired) electrons. The third-order valence-corrected chi connectivity index (χ3v) is 14.4. The summed E-state index contributed by atoms with van der Waals surface area (Å²) in [6.07, 6.45) is 1.42. The summed E-state index contributed by atoms with van der Waals surface area (Å²) < 4.78 is 12.1. The molecule has 2 aromatic heterocycles. The first-order chi connectivity index (χ1) is 31.2. The molecule has 3 N–H and O–H groups in total. The molecule has 18 heteroatoms. The van der Waals surface area contributed by atoms with Crippen LogP contribution in [-0.4, -0.2) is 122 Å². The topological polar surface area (TPSA) is 189 Å². The maximum absolute atomic E-state index is 14.7. The number of para-hydroxylation sites is 2. The Morgan fingerprint density at radius 2 is 0.985 bits per heavy atom. The second kappa shape index (κ2) is 20.9. The Labute approximate surface area is 399 Å². The molecule has 4 aromatic rings. The molecule has 0 spiro atoms. The summed E-state index contributed by atoms with van der Waals surface area (Å²) in [5.41, 5.74) is 1.07. The summed E-state index contributed by atoms with van der Waals surface area (Å²) in [7, 11) is 7.77. The van der Waals surface area contributed by atoms with Gasteiger partial charge < -0.3 is 29.9 Å². The number of esters is 2. The maximum Gasteiger partial charge on any atom is 0.357 e. The van der Waals surface area contributed by atoms with Gasteiger partial charge in [-0.1, -0.05) is 59.6 Å². The normalized spacial score (nSPS) is 26.1. The molecule has 66 heavy (non-hydrogen) atoms. The van der Waals surface area contributed by atoms with Crippen LogP contribution in [0.15, 0.2) is 60.7 Å². The minimum absolute atomic E-state index is 0. The summed E-state index contributed by atoms with van der Waals surface area (Å²) in [4.78, 5) is 97.6. The predicted molar refractivity (Wildman–Crippen MR) is 251 cm³/mol. The van der Waals surface area contributed by atoms with Crippen molar-refractivity contribution < 1.29 is 38.2 Å². The van der Waals surface area contributed by atoms with Crippen LogP contribution in [0.1, 0.15) is 59.5 Å². The number of rotatable bonds is 16. The van der Waals surface area contributed by atoms with Crippen molar-refractivity contribution in [2.45, 2.75) is 50.7 Å². The van der Waals surface area contributed by atoms with Crippen LogP contribution in [0.4, 0.5) is 0 Å². The number of nitrogens with one attached hydrogen (secondary N) is 3. The van der Waals surface area contributed by atoms with E-state index in [0.29, 0.717) is 83.5 Å². The third-order valence-electron chi connectivity index (χ3n) is 13.8. The Bertz CT molecular complexity index is 2340. The van der Waals surface area contributed by atoms with Crippen LogP contribution >= 0.6 is 35.6 Å². The molecule has 10 unspecified atom stereocenters. The SMILES string of the molecule is CN(C)CCCNC(=O)C1C2CC(OC(=O)c3cc(Cl)c4ccccc4n3)C(C2)C1C(=O)NC(=O)C1C2CC(CC2OC(=O)c2cc(Cl)c3ccccc3n2)C1C(=O)NCCCN(C)C.Cl. The van der Waals surface area contributed by atoms with Crippen molar-refractivity contribution in [2.75, 3.05) is 54.4 Å². The van der Waals surface area contributed by atoms with Crippen LogP contribution in [0.5, 0.6) is 0 Å². The molecule has 352 valence electrons. The number of carbonyl (C=O) groups excluding carboxylic acids is 6. The molecule has 0 saturated heterocycles. The molecule has 2 aromatic carbocycles. The van der Waals surface area contributed by atoms with Crippen molar-refractivity contribution in [1.82, 2.24) is 35.7 Å². The second-order valence-electron chi connectivity index (χ2n) is 18.5. The van der Waals surface area contributed by atoms with Crippen molar-refractivity contribution in [3.8, 4) is 0 Å². The smallest absolute Gasteiger partial charge is 0.357 e. The molecule has 4 fully saturated rings. The van der Waals surface area contributed by atoms with Gasteiger partial charge in [0, 0.05) is 35.7 Å². The predicted octanol–water partition coefficient (Wildman–Crippen LogP) is 5.59. The van der Waals surface area contributed by atoms with Gasteiger partial charge in [0.25, 0.3) is 0 Å². The van der Waals surface area contributed by atoms with E-state index in [2.05, 4.69) is 25.9 Å². The summed E-state index contributed by atoms with van der Waals surface area (Å²) in [6, 6.07) is 17.2. The number of hydrogen-bond acceptors (Lipinski definition) is 12. The molecule has 4 saturated carbocycles. The summed E-state index contributed by atoms with van der Waals surface area (Å²) in [5, 5.41) is 10.7. The molecule has 4 aliphatic carbocycles. The van der Waals surface area contributed by atoms with Crippen LogP contribution in [0.3, 0.4) is 0 Å². The molecule has 4 aliphatic rings. The van der Waals surface area contributed by atoms with Gasteiger partial charge in [0.05, 0.1) is 44.8 Å². The van der Waals surface area contributed by atoms with Gasteiger partial charge in [-0.3, -0.25) is 24.5 Å². The minimum atomic E-state index is -1.02. The number of benzene rings is 2. The number of pyridine rings is 2. The van der Waals surface area contributed by atoms with E-state index in [4.69, 9.17) is 32.7 Å². The first-order valence-electron chi connectivity index (χ1n) is 22.4. The molecular weight excluding hydrogens is 909 g/mol. The van der Waals surface area contributed by atoms with Gasteiger partial charge in [0.1, 0.15) is 12.2 Å². The average Bonchev–Trinajstić information content (AvgIpc) is 4.06. The van der Waals surface area contributed by atoms with Gasteiger partial charge in [-0.15, -0.1) is 12.4 Å². The zero-order valence-corrected chi connectivity index (χ0v) is 39.7.